The minimum atomic E-state index is -0.654. The lowest BCUT2D eigenvalue weighted by Gasteiger charge is -1.99. The Bertz CT molecular complexity index is 1060. The number of halogens is 1. The predicted octanol–water partition coefficient (Wildman–Crippen LogP) is 3.26. The molecule has 0 saturated carbocycles. The molecule has 24 heavy (non-hydrogen) atoms. The molecule has 118 valence electrons. The number of nitrogens with one attached hydrogen (secondary N) is 2. The van der Waals surface area contributed by atoms with Crippen molar-refractivity contribution in [2.24, 2.45) is 0 Å². The SMILES string of the molecule is Cc1cc(-c2nc3cc(-c4ccc(O)c(F)c4)[nH]c3c[nH+]2)ccn1. The Morgan fingerprint density at radius 3 is 2.79 bits per heavy atom. The maximum atomic E-state index is 13.6. The fraction of sp³-hybridized carbons (Fsp3) is 0.0556. The Morgan fingerprint density at radius 2 is 2.00 bits per heavy atom. The van der Waals surface area contributed by atoms with Gasteiger partial charge in [0.1, 0.15) is 11.7 Å². The lowest BCUT2D eigenvalue weighted by Crippen LogP contribution is -2.08. The molecule has 0 aliphatic carbocycles. The number of phenolic OH excluding ortho intramolecular Hbond substituents is 1. The first-order valence-electron chi connectivity index (χ1n) is 7.43. The molecule has 4 aromatic rings. The summed E-state index contributed by atoms with van der Waals surface area (Å²) in [6.45, 7) is 1.93. The van der Waals surface area contributed by atoms with Crippen LogP contribution in [-0.4, -0.2) is 20.1 Å². The number of hydrogen-bond acceptors (Lipinski definition) is 3. The van der Waals surface area contributed by atoms with Crippen LogP contribution in [0.3, 0.4) is 0 Å². The van der Waals surface area contributed by atoms with Crippen LogP contribution in [0.15, 0.2) is 48.8 Å². The van der Waals surface area contributed by atoms with Crippen LogP contribution < -0.4 is 4.98 Å². The summed E-state index contributed by atoms with van der Waals surface area (Å²) in [6, 6.07) is 9.97. The summed E-state index contributed by atoms with van der Waals surface area (Å²) in [5.41, 5.74) is 4.81. The average molecular weight is 321 g/mol. The van der Waals surface area contributed by atoms with E-state index in [2.05, 4.69) is 19.9 Å². The van der Waals surface area contributed by atoms with E-state index >= 15 is 0 Å². The van der Waals surface area contributed by atoms with Gasteiger partial charge in [-0.1, -0.05) is 0 Å². The molecule has 0 atom stereocenters. The second-order valence-electron chi connectivity index (χ2n) is 5.58. The van der Waals surface area contributed by atoms with E-state index in [9.17, 15) is 9.50 Å². The highest BCUT2D eigenvalue weighted by Gasteiger charge is 2.15. The molecule has 5 nitrogen and oxygen atoms in total. The first-order chi connectivity index (χ1) is 11.6. The number of fused-ring (bicyclic) bond motifs is 1. The monoisotopic (exact) mass is 321 g/mol. The van der Waals surface area contributed by atoms with Crippen molar-refractivity contribution in [3.63, 3.8) is 0 Å². The zero-order valence-electron chi connectivity index (χ0n) is 12.8. The highest BCUT2D eigenvalue weighted by Crippen LogP contribution is 2.27. The van der Waals surface area contributed by atoms with Crippen LogP contribution in [0.4, 0.5) is 4.39 Å². The Labute approximate surface area is 136 Å². The van der Waals surface area contributed by atoms with Gasteiger partial charge in [0.2, 0.25) is 5.52 Å². The van der Waals surface area contributed by atoms with E-state index in [1.165, 1.54) is 12.1 Å². The smallest absolute Gasteiger partial charge is 0.329 e. The van der Waals surface area contributed by atoms with Gasteiger partial charge < -0.3 is 10.1 Å². The van der Waals surface area contributed by atoms with Crippen molar-refractivity contribution in [1.29, 1.82) is 0 Å². The van der Waals surface area contributed by atoms with Crippen LogP contribution in [0.1, 0.15) is 5.69 Å². The number of H-pyrrole nitrogens is 2. The fourth-order valence-electron chi connectivity index (χ4n) is 2.63. The molecular weight excluding hydrogens is 307 g/mol. The number of phenols is 1. The van der Waals surface area contributed by atoms with E-state index < -0.39 is 5.82 Å². The van der Waals surface area contributed by atoms with Crippen LogP contribution in [0.5, 0.6) is 5.75 Å². The van der Waals surface area contributed by atoms with Gasteiger partial charge in [-0.2, -0.15) is 0 Å². The summed E-state index contributed by atoms with van der Waals surface area (Å²) in [4.78, 5) is 15.1. The molecule has 4 rings (SSSR count). The summed E-state index contributed by atoms with van der Waals surface area (Å²) in [5, 5.41) is 9.31. The predicted molar refractivity (Wildman–Crippen MR) is 87.7 cm³/mol. The largest absolute Gasteiger partial charge is 0.505 e. The minimum Gasteiger partial charge on any atom is -0.505 e. The van der Waals surface area contributed by atoms with E-state index in [0.29, 0.717) is 5.56 Å². The normalized spacial score (nSPS) is 11.1. The number of aromatic nitrogens is 4. The van der Waals surface area contributed by atoms with Crippen molar-refractivity contribution in [2.45, 2.75) is 6.92 Å². The first kappa shape index (κ1) is 14.3. The van der Waals surface area contributed by atoms with Gasteiger partial charge in [0.15, 0.2) is 11.6 Å². The van der Waals surface area contributed by atoms with Gasteiger partial charge in [0, 0.05) is 23.5 Å². The zero-order chi connectivity index (χ0) is 16.7. The first-order valence-corrected chi connectivity index (χ1v) is 7.43. The van der Waals surface area contributed by atoms with Crippen LogP contribution in [-0.2, 0) is 0 Å². The van der Waals surface area contributed by atoms with Gasteiger partial charge in [-0.3, -0.25) is 4.98 Å². The third kappa shape index (κ3) is 2.48. The van der Waals surface area contributed by atoms with Crippen molar-refractivity contribution < 1.29 is 14.5 Å². The molecule has 0 saturated heterocycles. The van der Waals surface area contributed by atoms with Gasteiger partial charge in [0.25, 0.3) is 0 Å². The third-order valence-electron chi connectivity index (χ3n) is 3.84. The summed E-state index contributed by atoms with van der Waals surface area (Å²) < 4.78 is 13.6. The molecule has 0 unspecified atom stereocenters. The van der Waals surface area contributed by atoms with E-state index in [4.69, 9.17) is 0 Å². The van der Waals surface area contributed by atoms with Crippen molar-refractivity contribution in [2.75, 3.05) is 0 Å². The molecule has 0 fully saturated rings. The molecule has 0 spiro atoms. The number of hydrogen-bond donors (Lipinski definition) is 2. The number of aromatic hydroxyl groups is 1. The number of aryl methyl sites for hydroxylation is 1. The fourth-order valence-corrected chi connectivity index (χ4v) is 2.63. The topological polar surface area (TPSA) is 75.9 Å². The molecule has 0 aliphatic heterocycles. The maximum absolute atomic E-state index is 13.6. The van der Waals surface area contributed by atoms with Gasteiger partial charge in [0.05, 0.1) is 11.3 Å². The average Bonchev–Trinajstić information content (AvgIpc) is 3.00. The summed E-state index contributed by atoms with van der Waals surface area (Å²) in [5.74, 6) is -0.286. The number of nitrogens with zero attached hydrogens (tertiary/aromatic N) is 2. The van der Waals surface area contributed by atoms with Gasteiger partial charge in [-0.25, -0.2) is 9.37 Å². The van der Waals surface area contributed by atoms with Crippen LogP contribution in [0.2, 0.25) is 0 Å². The molecule has 3 heterocycles. The number of pyridine rings is 1. The second kappa shape index (κ2) is 5.42. The summed E-state index contributed by atoms with van der Waals surface area (Å²) in [7, 11) is 0. The lowest BCUT2D eigenvalue weighted by atomic mass is 10.1. The highest BCUT2D eigenvalue weighted by molar-refractivity contribution is 5.82. The second-order valence-corrected chi connectivity index (χ2v) is 5.58. The summed E-state index contributed by atoms with van der Waals surface area (Å²) >= 11 is 0. The lowest BCUT2D eigenvalue weighted by molar-refractivity contribution is -0.366. The van der Waals surface area contributed by atoms with E-state index in [0.717, 1.165) is 33.8 Å². The third-order valence-corrected chi connectivity index (χ3v) is 3.84. The quantitative estimate of drug-likeness (QED) is 0.595. The number of benzene rings is 1. The van der Waals surface area contributed by atoms with Gasteiger partial charge in [-0.05, 0) is 42.2 Å². The van der Waals surface area contributed by atoms with E-state index in [1.807, 2.05) is 31.3 Å². The zero-order valence-corrected chi connectivity index (χ0v) is 12.8. The minimum absolute atomic E-state index is 0.364. The standard InChI is InChI=1S/C18H13FN4O/c1-10-6-12(4-5-20-10)18-21-9-16-15(23-18)8-14(22-16)11-2-3-17(24)13(19)7-11/h2-9,22,24H,1H3/p+1. The number of rotatable bonds is 2. The van der Waals surface area contributed by atoms with Crippen LogP contribution in [0.25, 0.3) is 33.7 Å². The van der Waals surface area contributed by atoms with E-state index in [-0.39, 0.29) is 5.75 Å². The molecule has 3 N–H and O–H groups in total. The van der Waals surface area contributed by atoms with Gasteiger partial charge in [-0.15, -0.1) is 0 Å². The number of aromatic amines is 2. The molecule has 0 radical (unpaired) electrons. The van der Waals surface area contributed by atoms with Crippen molar-refractivity contribution in [3.8, 4) is 28.4 Å². The van der Waals surface area contributed by atoms with Crippen molar-refractivity contribution in [1.82, 2.24) is 15.0 Å². The van der Waals surface area contributed by atoms with Crippen LogP contribution >= 0.6 is 0 Å². The Hall–Kier alpha value is -3.28. The molecule has 3 aromatic heterocycles. The van der Waals surface area contributed by atoms with E-state index in [1.54, 1.807) is 12.3 Å². The molecule has 0 bridgehead atoms. The molecular formula is C18H14FN4O+. The van der Waals surface area contributed by atoms with Crippen LogP contribution in [0, 0.1) is 12.7 Å². The van der Waals surface area contributed by atoms with Gasteiger partial charge >= 0.3 is 5.82 Å². The Kier molecular flexibility index (Phi) is 3.23. The Balaban J connectivity index is 1.80. The Morgan fingerprint density at radius 1 is 1.12 bits per heavy atom. The van der Waals surface area contributed by atoms with Crippen molar-refractivity contribution >= 4 is 11.0 Å². The highest BCUT2D eigenvalue weighted by atomic mass is 19.1. The molecule has 1 aromatic carbocycles. The molecule has 0 amide bonds. The maximum Gasteiger partial charge on any atom is 0.329 e. The molecule has 0 aliphatic rings. The molecule has 6 heteroatoms. The summed E-state index contributed by atoms with van der Waals surface area (Å²) in [6.07, 6.45) is 3.57. The van der Waals surface area contributed by atoms with Crippen molar-refractivity contribution in [3.05, 3.63) is 60.3 Å².